The maximum absolute atomic E-state index is 13.4. The Morgan fingerprint density at radius 1 is 0.526 bits per heavy atom. The van der Waals surface area contributed by atoms with Crippen molar-refractivity contribution < 1.29 is 49.3 Å². The van der Waals surface area contributed by atoms with E-state index in [4.69, 9.17) is 14.2 Å². The van der Waals surface area contributed by atoms with E-state index in [0.717, 1.165) is 96.3 Å². The van der Waals surface area contributed by atoms with Gasteiger partial charge in [-0.15, -0.1) is 0 Å². The van der Waals surface area contributed by atoms with Crippen molar-refractivity contribution in [1.29, 1.82) is 0 Å². The lowest BCUT2D eigenvalue weighted by Gasteiger charge is -2.41. The summed E-state index contributed by atoms with van der Waals surface area (Å²) in [5.41, 5.74) is 0. The van der Waals surface area contributed by atoms with Gasteiger partial charge in [0.05, 0.1) is 25.4 Å². The molecule has 0 saturated carbocycles. The minimum atomic E-state index is -1.66. The van der Waals surface area contributed by atoms with Crippen molar-refractivity contribution in [3.8, 4) is 0 Å². The minimum absolute atomic E-state index is 0.0113. The molecule has 8 atom stereocenters. The van der Waals surface area contributed by atoms with Gasteiger partial charge < -0.3 is 45.1 Å². The summed E-state index contributed by atoms with van der Waals surface area (Å²) in [6.07, 6.45) is 61.0. The van der Waals surface area contributed by atoms with E-state index < -0.39 is 67.4 Å². The Balaban J connectivity index is 2.78. The number of unbranched alkanes of at least 4 members (excludes halogenated alkanes) is 16. The molecule has 1 saturated heterocycles. The molecule has 1 amide bonds. The van der Waals surface area contributed by atoms with Gasteiger partial charge in [-0.1, -0.05) is 226 Å². The number of aliphatic hydroxyl groups excluding tert-OH is 5. The fourth-order valence-corrected chi connectivity index (χ4v) is 8.39. The van der Waals surface area contributed by atoms with Gasteiger partial charge in [-0.2, -0.15) is 0 Å². The van der Waals surface area contributed by atoms with Crippen LogP contribution in [0.15, 0.2) is 122 Å². The molecule has 1 heterocycles. The Hall–Kier alpha value is -3.94. The average molecular weight is 1060 g/mol. The van der Waals surface area contributed by atoms with E-state index in [2.05, 4.69) is 123 Å². The van der Waals surface area contributed by atoms with Gasteiger partial charge in [0.1, 0.15) is 24.4 Å². The minimum Gasteiger partial charge on any atom is -0.454 e. The number of allylic oxidation sites excluding steroid dienone is 19. The molecule has 1 rings (SSSR count). The molecule has 0 aromatic heterocycles. The normalized spacial score (nSPS) is 20.0. The number of amides is 1. The Bertz CT molecular complexity index is 1690. The summed E-state index contributed by atoms with van der Waals surface area (Å²) in [4.78, 5) is 26.5. The van der Waals surface area contributed by atoms with Crippen LogP contribution in [0.5, 0.6) is 0 Å². The highest BCUT2D eigenvalue weighted by Crippen LogP contribution is 2.26. The summed E-state index contributed by atoms with van der Waals surface area (Å²) >= 11 is 0. The van der Waals surface area contributed by atoms with Crippen LogP contribution in [0.1, 0.15) is 213 Å². The molecule has 1 aliphatic rings. The van der Waals surface area contributed by atoms with E-state index in [0.29, 0.717) is 19.3 Å². The second kappa shape index (κ2) is 51.8. The van der Waals surface area contributed by atoms with Gasteiger partial charge in [-0.05, 0) is 103 Å². The van der Waals surface area contributed by atoms with Crippen LogP contribution in [0.2, 0.25) is 0 Å². The van der Waals surface area contributed by atoms with Crippen LogP contribution in [-0.2, 0) is 23.8 Å². The zero-order valence-electron chi connectivity index (χ0n) is 47.6. The number of aliphatic hydroxyl groups is 5. The molecular formula is C65H107NO10. The molecule has 6 N–H and O–H groups in total. The summed E-state index contributed by atoms with van der Waals surface area (Å²) < 4.78 is 17.5. The fraction of sp³-hybridized carbons (Fsp3) is 0.662. The highest BCUT2D eigenvalue weighted by Gasteiger charge is 2.47. The van der Waals surface area contributed by atoms with Crippen molar-refractivity contribution in [1.82, 2.24) is 5.32 Å². The van der Waals surface area contributed by atoms with Crippen molar-refractivity contribution in [3.05, 3.63) is 122 Å². The quantitative estimate of drug-likeness (QED) is 0.0195. The molecule has 432 valence electrons. The zero-order valence-corrected chi connectivity index (χ0v) is 47.6. The van der Waals surface area contributed by atoms with Crippen LogP contribution in [0.25, 0.3) is 0 Å². The maximum Gasteiger partial charge on any atom is 0.306 e. The maximum atomic E-state index is 13.4. The molecule has 1 aliphatic heterocycles. The molecule has 11 nitrogen and oxygen atoms in total. The average Bonchev–Trinajstić information content (AvgIpc) is 3.42. The van der Waals surface area contributed by atoms with Crippen molar-refractivity contribution in [2.75, 3.05) is 13.2 Å². The Labute approximate surface area is 461 Å². The zero-order chi connectivity index (χ0) is 55.4. The molecule has 76 heavy (non-hydrogen) atoms. The summed E-state index contributed by atoms with van der Waals surface area (Å²) in [5.74, 6) is -1.32. The van der Waals surface area contributed by atoms with E-state index in [-0.39, 0.29) is 19.4 Å². The first-order valence-corrected chi connectivity index (χ1v) is 29.8. The van der Waals surface area contributed by atoms with E-state index >= 15 is 0 Å². The van der Waals surface area contributed by atoms with Crippen molar-refractivity contribution >= 4 is 11.9 Å². The first-order chi connectivity index (χ1) is 37.2. The van der Waals surface area contributed by atoms with Crippen LogP contribution in [0, 0.1) is 0 Å². The largest absolute Gasteiger partial charge is 0.454 e. The SMILES string of the molecule is CC/C=C\C/C=C\C/C=C\C/C=C\C/C=C\C/C=C\CCC(=O)OC1C(OCC(NC(=O)C(O)CCCCC/C=C\C/C=C\C/C=C\CCCCC)C(O)/C=C/CCCCCCCCCCCC)OC(CO)C(O)C1O. The molecule has 8 unspecified atom stereocenters. The highest BCUT2D eigenvalue weighted by atomic mass is 16.7. The topological polar surface area (TPSA) is 175 Å². The number of nitrogens with one attached hydrogen (secondary N) is 1. The van der Waals surface area contributed by atoms with Crippen molar-refractivity contribution in [3.63, 3.8) is 0 Å². The smallest absolute Gasteiger partial charge is 0.306 e. The standard InChI is InChI=1S/C65H107NO10/c1-4-7-10-13-16-19-22-25-27-29-30-31-33-35-38-41-44-47-50-53-60(70)76-63-62(72)61(71)59(54-67)75-65(63)74-55-56(57(68)51-48-45-42-39-36-24-21-18-15-12-9-6-3)66-64(73)58(69)52-49-46-43-40-37-34-32-28-26-23-20-17-14-11-8-5-2/h7,10,16-17,19-20,25-28,30-31,34-35,37-38,44,47-48,51,56-59,61-63,65,67-69,71-72H,4-6,8-9,11-15,18,21-24,29,32-33,36,39-43,45-46,49-50,52-55H2,1-3H3,(H,66,73)/b10-7-,19-16-,20-17-,27-25-,28-26-,31-30-,37-34-,38-35-,47-44-,51-48+. The number of esters is 1. The van der Waals surface area contributed by atoms with Gasteiger partial charge in [0, 0.05) is 6.42 Å². The molecule has 0 aromatic rings. The van der Waals surface area contributed by atoms with Gasteiger partial charge in [0.2, 0.25) is 5.91 Å². The van der Waals surface area contributed by atoms with E-state index in [1.807, 2.05) is 18.2 Å². The van der Waals surface area contributed by atoms with E-state index in [9.17, 15) is 35.1 Å². The first kappa shape index (κ1) is 70.1. The lowest BCUT2D eigenvalue weighted by Crippen LogP contribution is -2.61. The van der Waals surface area contributed by atoms with Gasteiger partial charge in [0.15, 0.2) is 12.4 Å². The number of carbonyl (C=O) groups excluding carboxylic acids is 2. The molecule has 1 fully saturated rings. The Morgan fingerprint density at radius 3 is 1.45 bits per heavy atom. The van der Waals surface area contributed by atoms with Crippen LogP contribution in [0.3, 0.4) is 0 Å². The molecule has 0 aromatic carbocycles. The molecule has 11 heteroatoms. The summed E-state index contributed by atoms with van der Waals surface area (Å²) in [6, 6.07) is -1.06. The summed E-state index contributed by atoms with van der Waals surface area (Å²) in [6.45, 7) is 5.57. The summed E-state index contributed by atoms with van der Waals surface area (Å²) in [5, 5.41) is 56.8. The lowest BCUT2D eigenvalue weighted by molar-refractivity contribution is -0.305. The fourth-order valence-electron chi connectivity index (χ4n) is 8.39. The number of ether oxygens (including phenoxy) is 3. The van der Waals surface area contributed by atoms with Crippen LogP contribution in [-0.4, -0.2) is 99.6 Å². The number of hydrogen-bond donors (Lipinski definition) is 6. The molecule has 0 bridgehead atoms. The Kier molecular flexibility index (Phi) is 47.8. The van der Waals surface area contributed by atoms with E-state index in [1.54, 1.807) is 6.08 Å². The third-order valence-electron chi connectivity index (χ3n) is 13.1. The highest BCUT2D eigenvalue weighted by molar-refractivity contribution is 5.80. The first-order valence-electron chi connectivity index (χ1n) is 29.8. The third-order valence-corrected chi connectivity index (χ3v) is 13.1. The molecule has 0 spiro atoms. The van der Waals surface area contributed by atoms with Gasteiger partial charge >= 0.3 is 5.97 Å². The molecular weight excluding hydrogens is 955 g/mol. The summed E-state index contributed by atoms with van der Waals surface area (Å²) in [7, 11) is 0. The third kappa shape index (κ3) is 39.4. The molecule has 0 radical (unpaired) electrons. The molecule has 0 aliphatic carbocycles. The lowest BCUT2D eigenvalue weighted by atomic mass is 9.99. The number of rotatable bonds is 48. The van der Waals surface area contributed by atoms with Gasteiger partial charge in [-0.3, -0.25) is 9.59 Å². The van der Waals surface area contributed by atoms with Crippen molar-refractivity contribution in [2.45, 2.75) is 262 Å². The predicted molar refractivity (Wildman–Crippen MR) is 314 cm³/mol. The number of carbonyl (C=O) groups is 2. The van der Waals surface area contributed by atoms with Crippen LogP contribution in [0.4, 0.5) is 0 Å². The van der Waals surface area contributed by atoms with E-state index in [1.165, 1.54) is 64.2 Å². The van der Waals surface area contributed by atoms with Gasteiger partial charge in [-0.25, -0.2) is 0 Å². The predicted octanol–water partition coefficient (Wildman–Crippen LogP) is 13.9. The van der Waals surface area contributed by atoms with Gasteiger partial charge in [0.25, 0.3) is 0 Å². The van der Waals surface area contributed by atoms with Crippen LogP contribution < -0.4 is 5.32 Å². The van der Waals surface area contributed by atoms with Crippen molar-refractivity contribution in [2.24, 2.45) is 0 Å². The second-order valence-electron chi connectivity index (χ2n) is 20.0. The number of hydrogen-bond acceptors (Lipinski definition) is 10. The Morgan fingerprint density at radius 2 is 0.947 bits per heavy atom. The second-order valence-corrected chi connectivity index (χ2v) is 20.0. The van der Waals surface area contributed by atoms with Crippen LogP contribution >= 0.6 is 0 Å². The monoisotopic (exact) mass is 1060 g/mol.